The Bertz CT molecular complexity index is 771. The van der Waals surface area contributed by atoms with Gasteiger partial charge in [0.25, 0.3) is 0 Å². The van der Waals surface area contributed by atoms with E-state index in [-0.39, 0.29) is 9.10 Å². The molecular formula is C12H12N2O4S2. The molecule has 0 saturated carbocycles. The molecule has 0 unspecified atom stereocenters. The smallest absolute Gasteiger partial charge is 0.358 e. The maximum absolute atomic E-state index is 12.6. The summed E-state index contributed by atoms with van der Waals surface area (Å²) in [5, 5.41) is 10.9. The minimum Gasteiger partial charge on any atom is -0.358 e. The summed E-state index contributed by atoms with van der Waals surface area (Å²) in [6.45, 7) is 5.23. The molecule has 0 radical (unpaired) electrons. The molecule has 0 fully saturated rings. The molecule has 0 aliphatic heterocycles. The first-order valence-electron chi connectivity index (χ1n) is 5.66. The number of aryl methyl sites for hydroxylation is 3. The molecule has 8 heteroatoms. The van der Waals surface area contributed by atoms with Gasteiger partial charge in [0, 0.05) is 0 Å². The van der Waals surface area contributed by atoms with Gasteiger partial charge in [0.1, 0.15) is 0 Å². The molecule has 6 nitrogen and oxygen atoms in total. The Kier molecular flexibility index (Phi) is 3.61. The van der Waals surface area contributed by atoms with Crippen LogP contribution in [0.15, 0.2) is 26.7 Å². The van der Waals surface area contributed by atoms with Crippen LogP contribution >= 0.6 is 11.3 Å². The number of hydrogen-bond acceptors (Lipinski definition) is 6. The molecule has 0 saturated heterocycles. The van der Waals surface area contributed by atoms with E-state index in [2.05, 4.69) is 4.98 Å². The number of aromatic nitrogens is 1. The van der Waals surface area contributed by atoms with Crippen molar-refractivity contribution in [1.82, 2.24) is 4.98 Å². The third kappa shape index (κ3) is 2.32. The van der Waals surface area contributed by atoms with Crippen LogP contribution in [0, 0.1) is 30.9 Å². The number of nitro groups is 1. The highest BCUT2D eigenvalue weighted by Gasteiger charge is 2.33. The molecule has 1 aromatic carbocycles. The van der Waals surface area contributed by atoms with Gasteiger partial charge in [-0.05, 0) is 41.8 Å². The quantitative estimate of drug-likeness (QED) is 0.642. The molecular weight excluding hydrogens is 300 g/mol. The van der Waals surface area contributed by atoms with E-state index in [1.165, 1.54) is 5.51 Å². The van der Waals surface area contributed by atoms with Gasteiger partial charge in [0.15, 0.2) is 5.51 Å². The SMILES string of the molecule is Cc1cc(C)c(S(=O)(=O)c2scnc2[N+](=O)[O-])c(C)c1. The highest BCUT2D eigenvalue weighted by Crippen LogP contribution is 2.35. The van der Waals surface area contributed by atoms with Gasteiger partial charge in [-0.3, -0.25) is 0 Å². The fourth-order valence-corrected chi connectivity index (χ4v) is 5.10. The van der Waals surface area contributed by atoms with E-state index in [4.69, 9.17) is 0 Å². The molecule has 1 heterocycles. The number of hydrogen-bond donors (Lipinski definition) is 0. The van der Waals surface area contributed by atoms with Crippen molar-refractivity contribution >= 4 is 27.0 Å². The Balaban J connectivity index is 2.74. The van der Waals surface area contributed by atoms with E-state index in [1.807, 2.05) is 6.92 Å². The van der Waals surface area contributed by atoms with E-state index in [1.54, 1.807) is 26.0 Å². The Morgan fingerprint density at radius 2 is 1.75 bits per heavy atom. The second-order valence-electron chi connectivity index (χ2n) is 4.45. The summed E-state index contributed by atoms with van der Waals surface area (Å²) in [7, 11) is -3.94. The van der Waals surface area contributed by atoms with Crippen molar-refractivity contribution in [2.45, 2.75) is 29.9 Å². The van der Waals surface area contributed by atoms with Crippen molar-refractivity contribution in [2.24, 2.45) is 0 Å². The first kappa shape index (κ1) is 14.6. The van der Waals surface area contributed by atoms with Crippen LogP contribution in [0.1, 0.15) is 16.7 Å². The molecule has 106 valence electrons. The molecule has 0 atom stereocenters. The summed E-state index contributed by atoms with van der Waals surface area (Å²) in [6.07, 6.45) is 0. The minimum atomic E-state index is -3.94. The van der Waals surface area contributed by atoms with Gasteiger partial charge in [-0.15, -0.1) is 0 Å². The normalized spacial score (nSPS) is 11.6. The van der Waals surface area contributed by atoms with Crippen molar-refractivity contribution in [3.05, 3.63) is 44.4 Å². The van der Waals surface area contributed by atoms with E-state index in [0.717, 1.165) is 16.9 Å². The zero-order valence-electron chi connectivity index (χ0n) is 11.1. The molecule has 2 rings (SSSR count). The highest BCUT2D eigenvalue weighted by atomic mass is 32.2. The maximum atomic E-state index is 12.6. The van der Waals surface area contributed by atoms with Gasteiger partial charge in [0.05, 0.1) is 4.90 Å². The van der Waals surface area contributed by atoms with Crippen molar-refractivity contribution in [3.8, 4) is 0 Å². The number of nitrogens with zero attached hydrogens (tertiary/aromatic N) is 2. The lowest BCUT2D eigenvalue weighted by Gasteiger charge is -2.10. The zero-order valence-corrected chi connectivity index (χ0v) is 12.7. The lowest BCUT2D eigenvalue weighted by atomic mass is 10.1. The van der Waals surface area contributed by atoms with Crippen LogP contribution in [-0.2, 0) is 9.84 Å². The predicted octanol–water partition coefficient (Wildman–Crippen LogP) is 2.81. The lowest BCUT2D eigenvalue weighted by Crippen LogP contribution is -2.07. The fourth-order valence-electron chi connectivity index (χ4n) is 2.22. The summed E-state index contributed by atoms with van der Waals surface area (Å²) in [4.78, 5) is 13.7. The van der Waals surface area contributed by atoms with E-state index < -0.39 is 20.6 Å². The van der Waals surface area contributed by atoms with Crippen LogP contribution in [-0.4, -0.2) is 18.3 Å². The largest absolute Gasteiger partial charge is 0.394 e. The summed E-state index contributed by atoms with van der Waals surface area (Å²) < 4.78 is 25.0. The second-order valence-corrected chi connectivity index (χ2v) is 7.39. The summed E-state index contributed by atoms with van der Waals surface area (Å²) in [5.41, 5.74) is 3.26. The molecule has 0 aliphatic carbocycles. The van der Waals surface area contributed by atoms with Crippen molar-refractivity contribution in [3.63, 3.8) is 0 Å². The third-order valence-corrected chi connectivity index (χ3v) is 6.21. The summed E-state index contributed by atoms with van der Waals surface area (Å²) in [6, 6.07) is 3.49. The molecule has 0 amide bonds. The maximum Gasteiger partial charge on any atom is 0.394 e. The Hall–Kier alpha value is -1.80. The first-order valence-corrected chi connectivity index (χ1v) is 8.02. The van der Waals surface area contributed by atoms with E-state index >= 15 is 0 Å². The van der Waals surface area contributed by atoms with Crippen LogP contribution in [0.5, 0.6) is 0 Å². The molecule has 20 heavy (non-hydrogen) atoms. The van der Waals surface area contributed by atoms with Crippen molar-refractivity contribution < 1.29 is 13.3 Å². The average molecular weight is 312 g/mol. The molecule has 0 spiro atoms. The molecule has 2 aromatic rings. The standard InChI is InChI=1S/C12H12N2O4S2/c1-7-4-8(2)10(9(3)5-7)20(17,18)12-11(14(15)16)13-6-19-12/h4-6H,1-3H3. The van der Waals surface area contributed by atoms with Gasteiger partial charge < -0.3 is 10.1 Å². The average Bonchev–Trinajstić information content (AvgIpc) is 2.75. The number of sulfone groups is 1. The molecule has 1 aromatic heterocycles. The molecule has 0 aliphatic rings. The summed E-state index contributed by atoms with van der Waals surface area (Å²) >= 11 is 0.761. The van der Waals surface area contributed by atoms with Gasteiger partial charge >= 0.3 is 5.82 Å². The minimum absolute atomic E-state index is 0.121. The van der Waals surface area contributed by atoms with Crippen LogP contribution in [0.4, 0.5) is 5.82 Å². The lowest BCUT2D eigenvalue weighted by molar-refractivity contribution is -0.391. The topological polar surface area (TPSA) is 90.2 Å². The first-order chi connectivity index (χ1) is 9.25. The third-order valence-electron chi connectivity index (χ3n) is 2.81. The Labute approximate surface area is 120 Å². The second kappa shape index (κ2) is 4.95. The predicted molar refractivity (Wildman–Crippen MR) is 74.9 cm³/mol. The fraction of sp³-hybridized carbons (Fsp3) is 0.250. The van der Waals surface area contributed by atoms with Gasteiger partial charge in [0.2, 0.25) is 14.0 Å². The van der Waals surface area contributed by atoms with Gasteiger partial charge in [-0.2, -0.15) is 0 Å². The number of thiazole rings is 1. The van der Waals surface area contributed by atoms with Crippen LogP contribution in [0.3, 0.4) is 0 Å². The molecule has 0 N–H and O–H groups in total. The van der Waals surface area contributed by atoms with Crippen LogP contribution in [0.2, 0.25) is 0 Å². The van der Waals surface area contributed by atoms with E-state index in [9.17, 15) is 18.5 Å². The van der Waals surface area contributed by atoms with Crippen LogP contribution in [0.25, 0.3) is 0 Å². The zero-order chi connectivity index (χ0) is 15.1. The highest BCUT2D eigenvalue weighted by molar-refractivity contribution is 7.93. The summed E-state index contributed by atoms with van der Waals surface area (Å²) in [5.74, 6) is -0.616. The Morgan fingerprint density at radius 1 is 1.20 bits per heavy atom. The van der Waals surface area contributed by atoms with Crippen molar-refractivity contribution in [1.29, 1.82) is 0 Å². The number of benzene rings is 1. The van der Waals surface area contributed by atoms with E-state index in [0.29, 0.717) is 11.1 Å². The molecule has 0 bridgehead atoms. The number of rotatable bonds is 3. The van der Waals surface area contributed by atoms with Gasteiger partial charge in [-0.25, -0.2) is 8.42 Å². The van der Waals surface area contributed by atoms with Crippen LogP contribution < -0.4 is 0 Å². The van der Waals surface area contributed by atoms with Gasteiger partial charge in [-0.1, -0.05) is 29.0 Å². The van der Waals surface area contributed by atoms with Crippen molar-refractivity contribution in [2.75, 3.05) is 0 Å². The monoisotopic (exact) mass is 312 g/mol. The Morgan fingerprint density at radius 3 is 2.25 bits per heavy atom.